The van der Waals surface area contributed by atoms with Gasteiger partial charge in [0.25, 0.3) is 0 Å². The lowest BCUT2D eigenvalue weighted by Crippen LogP contribution is -2.23. The molecule has 0 bridgehead atoms. The first-order valence-corrected chi connectivity index (χ1v) is 6.03. The van der Waals surface area contributed by atoms with E-state index in [9.17, 15) is 0 Å². The van der Waals surface area contributed by atoms with Crippen LogP contribution in [0, 0.1) is 5.92 Å². The molecule has 0 saturated heterocycles. The highest BCUT2D eigenvalue weighted by Gasteiger charge is 2.04. The standard InChI is InChI=1S/C12H23N3/c1-4-11(5-2)9-13-10-12-7-8-14-15(12)6-3/h7-8,11,13H,4-6,9-10H2,1-3H3. The van der Waals surface area contributed by atoms with Crippen molar-refractivity contribution in [3.63, 3.8) is 0 Å². The second kappa shape index (κ2) is 6.62. The summed E-state index contributed by atoms with van der Waals surface area (Å²) in [5.41, 5.74) is 1.28. The van der Waals surface area contributed by atoms with Crippen molar-refractivity contribution >= 4 is 0 Å². The Balaban J connectivity index is 2.31. The first kappa shape index (κ1) is 12.2. The fourth-order valence-corrected chi connectivity index (χ4v) is 1.78. The molecule has 0 amide bonds. The lowest BCUT2D eigenvalue weighted by atomic mass is 10.0. The van der Waals surface area contributed by atoms with Crippen molar-refractivity contribution in [2.75, 3.05) is 6.54 Å². The monoisotopic (exact) mass is 209 g/mol. The molecule has 1 heterocycles. The van der Waals surface area contributed by atoms with Gasteiger partial charge in [-0.2, -0.15) is 5.10 Å². The summed E-state index contributed by atoms with van der Waals surface area (Å²) in [5, 5.41) is 7.75. The molecule has 0 spiro atoms. The second-order valence-corrected chi connectivity index (χ2v) is 3.95. The van der Waals surface area contributed by atoms with E-state index in [0.717, 1.165) is 25.6 Å². The van der Waals surface area contributed by atoms with Crippen molar-refractivity contribution in [1.82, 2.24) is 15.1 Å². The number of nitrogens with one attached hydrogen (secondary N) is 1. The predicted octanol–water partition coefficient (Wildman–Crippen LogP) is 2.43. The van der Waals surface area contributed by atoms with Crippen LogP contribution in [0.3, 0.4) is 0 Å². The average Bonchev–Trinajstić information content (AvgIpc) is 2.72. The molecule has 15 heavy (non-hydrogen) atoms. The Bertz CT molecular complexity index is 264. The summed E-state index contributed by atoms with van der Waals surface area (Å²) in [6, 6.07) is 2.09. The Kier molecular flexibility index (Phi) is 5.40. The van der Waals surface area contributed by atoms with Gasteiger partial charge in [-0.1, -0.05) is 26.7 Å². The summed E-state index contributed by atoms with van der Waals surface area (Å²) in [5.74, 6) is 0.808. The van der Waals surface area contributed by atoms with Gasteiger partial charge in [-0.05, 0) is 25.5 Å². The van der Waals surface area contributed by atoms with E-state index in [2.05, 4.69) is 37.3 Å². The molecule has 0 saturated carbocycles. The molecule has 3 nitrogen and oxygen atoms in total. The van der Waals surface area contributed by atoms with Gasteiger partial charge in [0.1, 0.15) is 0 Å². The van der Waals surface area contributed by atoms with E-state index in [1.807, 2.05) is 10.9 Å². The predicted molar refractivity (Wildman–Crippen MR) is 63.7 cm³/mol. The normalized spacial score (nSPS) is 11.2. The fraction of sp³-hybridized carbons (Fsp3) is 0.750. The van der Waals surface area contributed by atoms with E-state index in [-0.39, 0.29) is 0 Å². The Morgan fingerprint density at radius 2 is 2.07 bits per heavy atom. The molecule has 0 atom stereocenters. The van der Waals surface area contributed by atoms with Crippen LogP contribution in [0.4, 0.5) is 0 Å². The number of hydrogen-bond donors (Lipinski definition) is 1. The van der Waals surface area contributed by atoms with E-state index in [1.165, 1.54) is 18.5 Å². The molecule has 0 aliphatic rings. The zero-order valence-electron chi connectivity index (χ0n) is 10.2. The van der Waals surface area contributed by atoms with Crippen molar-refractivity contribution in [2.24, 2.45) is 5.92 Å². The van der Waals surface area contributed by atoms with Crippen LogP contribution in [0.2, 0.25) is 0 Å². The largest absolute Gasteiger partial charge is 0.311 e. The summed E-state index contributed by atoms with van der Waals surface area (Å²) in [4.78, 5) is 0. The Morgan fingerprint density at radius 1 is 1.33 bits per heavy atom. The molecule has 3 heteroatoms. The van der Waals surface area contributed by atoms with Gasteiger partial charge in [0.2, 0.25) is 0 Å². The summed E-state index contributed by atoms with van der Waals surface area (Å²) >= 11 is 0. The molecule has 0 aliphatic heterocycles. The van der Waals surface area contributed by atoms with Crippen LogP contribution in [0.1, 0.15) is 39.3 Å². The third-order valence-electron chi connectivity index (χ3n) is 3.00. The fourth-order valence-electron chi connectivity index (χ4n) is 1.78. The van der Waals surface area contributed by atoms with Gasteiger partial charge in [0, 0.05) is 19.3 Å². The van der Waals surface area contributed by atoms with Crippen LogP contribution in [0.25, 0.3) is 0 Å². The molecule has 1 N–H and O–H groups in total. The van der Waals surface area contributed by atoms with Gasteiger partial charge in [0.15, 0.2) is 0 Å². The SMILES string of the molecule is CCC(CC)CNCc1ccnn1CC. The first-order chi connectivity index (χ1) is 7.31. The van der Waals surface area contributed by atoms with Gasteiger partial charge in [-0.3, -0.25) is 4.68 Å². The van der Waals surface area contributed by atoms with Crippen molar-refractivity contribution in [1.29, 1.82) is 0 Å². The maximum Gasteiger partial charge on any atom is 0.0521 e. The number of aryl methyl sites for hydroxylation is 1. The van der Waals surface area contributed by atoms with E-state index >= 15 is 0 Å². The van der Waals surface area contributed by atoms with Crippen LogP contribution in [0.5, 0.6) is 0 Å². The molecule has 1 aromatic heterocycles. The van der Waals surface area contributed by atoms with Crippen LogP contribution in [-0.4, -0.2) is 16.3 Å². The number of hydrogen-bond acceptors (Lipinski definition) is 2. The van der Waals surface area contributed by atoms with Crippen molar-refractivity contribution < 1.29 is 0 Å². The molecular weight excluding hydrogens is 186 g/mol. The smallest absolute Gasteiger partial charge is 0.0521 e. The van der Waals surface area contributed by atoms with Crippen LogP contribution >= 0.6 is 0 Å². The zero-order valence-corrected chi connectivity index (χ0v) is 10.2. The maximum absolute atomic E-state index is 4.25. The van der Waals surface area contributed by atoms with Crippen LogP contribution in [0.15, 0.2) is 12.3 Å². The topological polar surface area (TPSA) is 29.9 Å². The van der Waals surface area contributed by atoms with Gasteiger partial charge in [-0.15, -0.1) is 0 Å². The number of rotatable bonds is 7. The molecule has 0 fully saturated rings. The zero-order chi connectivity index (χ0) is 11.1. The summed E-state index contributed by atoms with van der Waals surface area (Å²) in [6.07, 6.45) is 4.39. The van der Waals surface area contributed by atoms with Crippen molar-refractivity contribution in [3.05, 3.63) is 18.0 Å². The summed E-state index contributed by atoms with van der Waals surface area (Å²) < 4.78 is 2.04. The molecular formula is C12H23N3. The van der Waals surface area contributed by atoms with E-state index < -0.39 is 0 Å². The molecule has 0 unspecified atom stereocenters. The van der Waals surface area contributed by atoms with E-state index in [4.69, 9.17) is 0 Å². The molecule has 86 valence electrons. The third-order valence-corrected chi connectivity index (χ3v) is 3.00. The molecule has 1 aromatic rings. The quantitative estimate of drug-likeness (QED) is 0.747. The lowest BCUT2D eigenvalue weighted by molar-refractivity contribution is 0.442. The van der Waals surface area contributed by atoms with E-state index in [0.29, 0.717) is 0 Å². The third kappa shape index (κ3) is 3.67. The minimum absolute atomic E-state index is 0.808. The number of aromatic nitrogens is 2. The maximum atomic E-state index is 4.25. The molecule has 0 aliphatic carbocycles. The Morgan fingerprint density at radius 3 is 2.67 bits per heavy atom. The molecule has 0 aromatic carbocycles. The van der Waals surface area contributed by atoms with Crippen LogP contribution in [-0.2, 0) is 13.1 Å². The minimum Gasteiger partial charge on any atom is -0.311 e. The van der Waals surface area contributed by atoms with Gasteiger partial charge in [-0.25, -0.2) is 0 Å². The number of nitrogens with zero attached hydrogens (tertiary/aromatic N) is 2. The summed E-state index contributed by atoms with van der Waals surface area (Å²) in [7, 11) is 0. The van der Waals surface area contributed by atoms with Gasteiger partial charge in [0.05, 0.1) is 5.69 Å². The molecule has 0 radical (unpaired) electrons. The van der Waals surface area contributed by atoms with Crippen LogP contribution < -0.4 is 5.32 Å². The highest BCUT2D eigenvalue weighted by Crippen LogP contribution is 2.06. The van der Waals surface area contributed by atoms with E-state index in [1.54, 1.807) is 0 Å². The van der Waals surface area contributed by atoms with Gasteiger partial charge >= 0.3 is 0 Å². The molecule has 1 rings (SSSR count). The first-order valence-electron chi connectivity index (χ1n) is 6.03. The Labute approximate surface area is 92.9 Å². The lowest BCUT2D eigenvalue weighted by Gasteiger charge is -2.13. The summed E-state index contributed by atoms with van der Waals surface area (Å²) in [6.45, 7) is 9.64. The average molecular weight is 209 g/mol. The van der Waals surface area contributed by atoms with Crippen molar-refractivity contribution in [3.8, 4) is 0 Å². The van der Waals surface area contributed by atoms with Crippen molar-refractivity contribution in [2.45, 2.75) is 46.7 Å². The highest BCUT2D eigenvalue weighted by molar-refractivity contribution is 4.99. The Hall–Kier alpha value is -0.830. The highest BCUT2D eigenvalue weighted by atomic mass is 15.3. The minimum atomic E-state index is 0.808. The second-order valence-electron chi connectivity index (χ2n) is 3.95. The van der Waals surface area contributed by atoms with Gasteiger partial charge < -0.3 is 5.32 Å².